The molecule has 4 rings (SSSR count). The maximum Gasteiger partial charge on any atom is 0.337 e. The second-order valence-corrected chi connectivity index (χ2v) is 9.54. The minimum absolute atomic E-state index is 0.166. The van der Waals surface area contributed by atoms with Crippen LogP contribution in [0.5, 0.6) is 0 Å². The highest BCUT2D eigenvalue weighted by molar-refractivity contribution is 6.24. The number of amides is 1. The number of carbonyl (C=O) groups excluding carboxylic acids is 2. The lowest BCUT2D eigenvalue weighted by Gasteiger charge is -2.17. The first-order valence-corrected chi connectivity index (χ1v) is 12.9. The molecule has 3 aromatic carbocycles. The molecule has 1 aliphatic rings. The van der Waals surface area contributed by atoms with Crippen molar-refractivity contribution in [3.63, 3.8) is 0 Å². The summed E-state index contributed by atoms with van der Waals surface area (Å²) in [6, 6.07) is 23.2. The van der Waals surface area contributed by atoms with E-state index in [1.165, 1.54) is 38.4 Å². The smallest absolute Gasteiger partial charge is 0.337 e. The number of ether oxygens (including phenoxy) is 1. The van der Waals surface area contributed by atoms with Crippen molar-refractivity contribution in [2.45, 2.75) is 45.1 Å². The Kier molecular flexibility index (Phi) is 8.86. The van der Waals surface area contributed by atoms with E-state index >= 15 is 0 Å². The molecule has 1 heterocycles. The Labute approximate surface area is 219 Å². The number of nitrogens with zero attached hydrogens (tertiary/aromatic N) is 2. The zero-order chi connectivity index (χ0) is 26.2. The summed E-state index contributed by atoms with van der Waals surface area (Å²) in [6.45, 7) is 4.21. The minimum atomic E-state index is -0.585. The highest BCUT2D eigenvalue weighted by Crippen LogP contribution is 2.37. The molecule has 1 atom stereocenters. The lowest BCUT2D eigenvalue weighted by Crippen LogP contribution is -2.22. The van der Waals surface area contributed by atoms with Crippen LogP contribution in [0.15, 0.2) is 77.8 Å². The zero-order valence-corrected chi connectivity index (χ0v) is 21.9. The van der Waals surface area contributed by atoms with E-state index in [0.717, 1.165) is 29.9 Å². The summed E-state index contributed by atoms with van der Waals surface area (Å²) in [5.41, 5.74) is 5.37. The maximum atomic E-state index is 13.2. The molecule has 0 aromatic heterocycles. The van der Waals surface area contributed by atoms with Crippen molar-refractivity contribution in [3.05, 3.63) is 95.1 Å². The number of nitrogens with one attached hydrogen (secondary N) is 1. The van der Waals surface area contributed by atoms with Gasteiger partial charge in [-0.1, -0.05) is 74.7 Å². The molecular formula is C31H35N3O3. The van der Waals surface area contributed by atoms with Crippen LogP contribution in [0.3, 0.4) is 0 Å². The van der Waals surface area contributed by atoms with Crippen LogP contribution in [-0.4, -0.2) is 43.2 Å². The third-order valence-electron chi connectivity index (χ3n) is 6.68. The number of methoxy groups -OCH3 is 1. The monoisotopic (exact) mass is 497 g/mol. The van der Waals surface area contributed by atoms with E-state index in [1.807, 2.05) is 48.5 Å². The number of aliphatic imine (C=N–C) groups is 1. The van der Waals surface area contributed by atoms with Gasteiger partial charge < -0.3 is 15.0 Å². The van der Waals surface area contributed by atoms with Gasteiger partial charge in [0.25, 0.3) is 0 Å². The van der Waals surface area contributed by atoms with Gasteiger partial charge >= 0.3 is 5.97 Å². The molecular weight excluding hydrogens is 462 g/mol. The molecule has 0 aliphatic carbocycles. The molecule has 192 valence electrons. The molecule has 0 fully saturated rings. The van der Waals surface area contributed by atoms with E-state index in [4.69, 9.17) is 9.73 Å². The van der Waals surface area contributed by atoms with Crippen LogP contribution >= 0.6 is 0 Å². The second-order valence-electron chi connectivity index (χ2n) is 9.54. The molecule has 1 unspecified atom stereocenters. The Morgan fingerprint density at radius 2 is 1.73 bits per heavy atom. The first kappa shape index (κ1) is 26.3. The van der Waals surface area contributed by atoms with Gasteiger partial charge in [-0.2, -0.15) is 0 Å². The molecule has 1 N–H and O–H groups in total. The summed E-state index contributed by atoms with van der Waals surface area (Å²) in [7, 11) is 3.50. The van der Waals surface area contributed by atoms with Gasteiger partial charge in [0.2, 0.25) is 5.91 Å². The SMILES string of the molecule is CCCCCCN(C)Cc1ccc(N=C(c2ccccc2)C2C(=O)Nc3cc(C(=O)OC)ccc32)cc1. The van der Waals surface area contributed by atoms with Crippen LogP contribution in [0.1, 0.15) is 65.6 Å². The summed E-state index contributed by atoms with van der Waals surface area (Å²) < 4.78 is 4.83. The van der Waals surface area contributed by atoms with Crippen molar-refractivity contribution in [1.29, 1.82) is 0 Å². The molecule has 0 saturated carbocycles. The van der Waals surface area contributed by atoms with Crippen molar-refractivity contribution in [3.8, 4) is 0 Å². The topological polar surface area (TPSA) is 71.0 Å². The number of rotatable bonds is 11. The molecule has 6 nitrogen and oxygen atoms in total. The number of hydrogen-bond acceptors (Lipinski definition) is 5. The molecule has 0 radical (unpaired) electrons. The van der Waals surface area contributed by atoms with Gasteiger partial charge in [-0.3, -0.25) is 9.79 Å². The Morgan fingerprint density at radius 1 is 0.973 bits per heavy atom. The second kappa shape index (κ2) is 12.5. The predicted molar refractivity (Wildman–Crippen MR) is 149 cm³/mol. The van der Waals surface area contributed by atoms with Crippen LogP contribution in [0.4, 0.5) is 11.4 Å². The first-order valence-electron chi connectivity index (χ1n) is 12.9. The fourth-order valence-electron chi connectivity index (χ4n) is 4.70. The maximum absolute atomic E-state index is 13.2. The quantitative estimate of drug-likeness (QED) is 0.191. The molecule has 0 bridgehead atoms. The Hall–Kier alpha value is -3.77. The van der Waals surface area contributed by atoms with Gasteiger partial charge in [-0.25, -0.2) is 4.79 Å². The molecule has 1 amide bonds. The lowest BCUT2D eigenvalue weighted by atomic mass is 9.90. The summed E-state index contributed by atoms with van der Waals surface area (Å²) in [5, 5.41) is 2.93. The van der Waals surface area contributed by atoms with Gasteiger partial charge in [0.05, 0.1) is 24.1 Å². The van der Waals surface area contributed by atoms with Gasteiger partial charge in [0.1, 0.15) is 5.92 Å². The van der Waals surface area contributed by atoms with Crippen LogP contribution in [0, 0.1) is 0 Å². The number of anilines is 1. The number of hydrogen-bond donors (Lipinski definition) is 1. The predicted octanol–water partition coefficient (Wildman–Crippen LogP) is 6.34. The van der Waals surface area contributed by atoms with Gasteiger partial charge in [-0.05, 0) is 61.0 Å². The summed E-state index contributed by atoms with van der Waals surface area (Å²) in [5.74, 6) is -1.19. The highest BCUT2D eigenvalue weighted by atomic mass is 16.5. The summed E-state index contributed by atoms with van der Waals surface area (Å²) in [6.07, 6.45) is 5.04. The molecule has 0 spiro atoms. The summed E-state index contributed by atoms with van der Waals surface area (Å²) >= 11 is 0. The fourth-order valence-corrected chi connectivity index (χ4v) is 4.70. The average Bonchev–Trinajstić information content (AvgIpc) is 3.25. The van der Waals surface area contributed by atoms with Crippen LogP contribution in [0.25, 0.3) is 0 Å². The van der Waals surface area contributed by atoms with Gasteiger partial charge in [-0.15, -0.1) is 0 Å². The Bertz CT molecular complexity index is 1250. The van der Waals surface area contributed by atoms with Crippen molar-refractivity contribution in [2.75, 3.05) is 26.0 Å². The van der Waals surface area contributed by atoms with Crippen LogP contribution < -0.4 is 5.32 Å². The number of carbonyl (C=O) groups is 2. The molecule has 1 aliphatic heterocycles. The minimum Gasteiger partial charge on any atom is -0.465 e. The van der Waals surface area contributed by atoms with Crippen molar-refractivity contribution in [1.82, 2.24) is 4.90 Å². The van der Waals surface area contributed by atoms with Crippen molar-refractivity contribution < 1.29 is 14.3 Å². The van der Waals surface area contributed by atoms with Crippen LogP contribution in [0.2, 0.25) is 0 Å². The number of fused-ring (bicyclic) bond motifs is 1. The Morgan fingerprint density at radius 3 is 2.43 bits per heavy atom. The zero-order valence-electron chi connectivity index (χ0n) is 21.9. The van der Waals surface area contributed by atoms with Crippen LogP contribution in [-0.2, 0) is 16.1 Å². The third-order valence-corrected chi connectivity index (χ3v) is 6.68. The lowest BCUT2D eigenvalue weighted by molar-refractivity contribution is -0.115. The fraction of sp³-hybridized carbons (Fsp3) is 0.323. The molecule has 3 aromatic rings. The number of esters is 1. The van der Waals surface area contributed by atoms with E-state index in [0.29, 0.717) is 17.0 Å². The van der Waals surface area contributed by atoms with E-state index in [-0.39, 0.29) is 5.91 Å². The van der Waals surface area contributed by atoms with E-state index in [1.54, 1.807) is 12.1 Å². The number of unbranched alkanes of at least 4 members (excludes halogenated alkanes) is 3. The highest BCUT2D eigenvalue weighted by Gasteiger charge is 2.36. The van der Waals surface area contributed by atoms with E-state index in [9.17, 15) is 9.59 Å². The largest absolute Gasteiger partial charge is 0.465 e. The molecule has 0 saturated heterocycles. The number of benzene rings is 3. The van der Waals surface area contributed by atoms with E-state index < -0.39 is 11.9 Å². The average molecular weight is 498 g/mol. The normalized spacial score (nSPS) is 15.0. The van der Waals surface area contributed by atoms with Crippen molar-refractivity contribution >= 4 is 29.0 Å². The first-order chi connectivity index (χ1) is 18.0. The molecule has 6 heteroatoms. The standard InChI is InChI=1S/C31H35N3O3/c1-4-5-6-10-19-34(2)21-22-13-16-25(17-14-22)32-29(23-11-8-7-9-12-23)28-26-18-15-24(31(36)37-3)20-27(26)33-30(28)35/h7-9,11-18,20,28H,4-6,10,19,21H2,1-3H3,(H,33,35). The Balaban J connectivity index is 1.59. The van der Waals surface area contributed by atoms with E-state index in [2.05, 4.69) is 36.3 Å². The third kappa shape index (κ3) is 6.52. The van der Waals surface area contributed by atoms with Gasteiger partial charge in [0, 0.05) is 12.2 Å². The van der Waals surface area contributed by atoms with Gasteiger partial charge in [0.15, 0.2) is 0 Å². The van der Waals surface area contributed by atoms with Crippen molar-refractivity contribution in [2.24, 2.45) is 4.99 Å². The molecule has 37 heavy (non-hydrogen) atoms. The summed E-state index contributed by atoms with van der Waals surface area (Å²) in [4.78, 5) is 32.5.